The third-order valence-corrected chi connectivity index (χ3v) is 2.84. The Morgan fingerprint density at radius 2 is 2.31 bits per heavy atom. The summed E-state index contributed by atoms with van der Waals surface area (Å²) in [5.74, 6) is 0.788. The molecular weight excluding hydrogens is 180 g/mol. The molecule has 0 aliphatic heterocycles. The third-order valence-electron chi connectivity index (χ3n) is 2.49. The summed E-state index contributed by atoms with van der Waals surface area (Å²) >= 11 is 6.00. The van der Waals surface area contributed by atoms with Gasteiger partial charge in [0, 0.05) is 6.07 Å². The second-order valence-electron chi connectivity index (χ2n) is 3.56. The zero-order valence-corrected chi connectivity index (χ0v) is 9.06. The van der Waals surface area contributed by atoms with Crippen LogP contribution in [0, 0.1) is 12.0 Å². The molecule has 1 radical (unpaired) electrons. The number of rotatable bonds is 4. The Bertz CT molecular complexity index is 255. The zero-order chi connectivity index (χ0) is 9.68. The first-order valence-electron chi connectivity index (χ1n) is 4.89. The summed E-state index contributed by atoms with van der Waals surface area (Å²) in [7, 11) is 0. The van der Waals surface area contributed by atoms with Crippen LogP contribution in [0.4, 0.5) is 0 Å². The summed E-state index contributed by atoms with van der Waals surface area (Å²) in [6.07, 6.45) is 3.54. The fourth-order valence-corrected chi connectivity index (χ4v) is 1.47. The van der Waals surface area contributed by atoms with Crippen LogP contribution in [0.25, 0.3) is 0 Å². The fraction of sp³-hybridized carbons (Fsp3) is 0.500. The van der Waals surface area contributed by atoms with E-state index < -0.39 is 0 Å². The van der Waals surface area contributed by atoms with E-state index in [4.69, 9.17) is 11.6 Å². The highest BCUT2D eigenvalue weighted by Gasteiger charge is 2.02. The van der Waals surface area contributed by atoms with Gasteiger partial charge < -0.3 is 0 Å². The Labute approximate surface area is 85.9 Å². The van der Waals surface area contributed by atoms with Crippen molar-refractivity contribution in [2.45, 2.75) is 33.1 Å². The molecule has 0 nitrogen and oxygen atoms in total. The zero-order valence-electron chi connectivity index (χ0n) is 8.31. The van der Waals surface area contributed by atoms with Crippen molar-refractivity contribution in [3.05, 3.63) is 34.9 Å². The molecule has 1 heteroatoms. The SMILES string of the molecule is CCC(C)CCc1ccc[c]c1Cl. The first-order valence-corrected chi connectivity index (χ1v) is 5.27. The molecule has 0 aliphatic rings. The van der Waals surface area contributed by atoms with Crippen molar-refractivity contribution in [1.82, 2.24) is 0 Å². The van der Waals surface area contributed by atoms with Gasteiger partial charge in [0.2, 0.25) is 0 Å². The summed E-state index contributed by atoms with van der Waals surface area (Å²) in [4.78, 5) is 0. The molecular formula is C12H16Cl. The van der Waals surface area contributed by atoms with Gasteiger partial charge in [-0.25, -0.2) is 0 Å². The lowest BCUT2D eigenvalue weighted by Gasteiger charge is -2.08. The van der Waals surface area contributed by atoms with Gasteiger partial charge in [0.05, 0.1) is 5.02 Å². The van der Waals surface area contributed by atoms with Crippen molar-refractivity contribution in [3.8, 4) is 0 Å². The van der Waals surface area contributed by atoms with Crippen molar-refractivity contribution in [2.24, 2.45) is 5.92 Å². The summed E-state index contributed by atoms with van der Waals surface area (Å²) < 4.78 is 0. The molecule has 13 heavy (non-hydrogen) atoms. The Morgan fingerprint density at radius 3 is 2.92 bits per heavy atom. The second kappa shape index (κ2) is 5.29. The quantitative estimate of drug-likeness (QED) is 0.678. The molecule has 0 amide bonds. The second-order valence-corrected chi connectivity index (χ2v) is 3.94. The van der Waals surface area contributed by atoms with Crippen LogP contribution in [0.15, 0.2) is 18.2 Å². The third kappa shape index (κ3) is 3.40. The van der Waals surface area contributed by atoms with Crippen LogP contribution in [0.1, 0.15) is 32.3 Å². The Morgan fingerprint density at radius 1 is 1.54 bits per heavy atom. The molecule has 0 bridgehead atoms. The maximum absolute atomic E-state index is 6.00. The molecule has 0 saturated carbocycles. The van der Waals surface area contributed by atoms with Crippen molar-refractivity contribution in [1.29, 1.82) is 0 Å². The highest BCUT2D eigenvalue weighted by Crippen LogP contribution is 2.18. The molecule has 0 heterocycles. The van der Waals surface area contributed by atoms with E-state index in [1.807, 2.05) is 12.1 Å². The molecule has 0 N–H and O–H groups in total. The minimum Gasteiger partial charge on any atom is -0.0834 e. The molecule has 1 aromatic rings. The molecule has 0 fully saturated rings. The summed E-state index contributed by atoms with van der Waals surface area (Å²) in [6.45, 7) is 4.50. The first-order chi connectivity index (χ1) is 6.24. The van der Waals surface area contributed by atoms with Crippen molar-refractivity contribution < 1.29 is 0 Å². The van der Waals surface area contributed by atoms with Crippen molar-refractivity contribution >= 4 is 11.6 Å². The van der Waals surface area contributed by atoms with E-state index in [-0.39, 0.29) is 0 Å². The Balaban J connectivity index is 2.50. The molecule has 0 spiro atoms. The monoisotopic (exact) mass is 195 g/mol. The molecule has 1 unspecified atom stereocenters. The lowest BCUT2D eigenvalue weighted by atomic mass is 9.99. The molecule has 1 atom stereocenters. The minimum absolute atomic E-state index is 0.783. The van der Waals surface area contributed by atoms with Gasteiger partial charge in [0.25, 0.3) is 0 Å². The highest BCUT2D eigenvalue weighted by atomic mass is 35.5. The molecule has 0 saturated heterocycles. The van der Waals surface area contributed by atoms with Crippen LogP contribution >= 0.6 is 11.6 Å². The van der Waals surface area contributed by atoms with Gasteiger partial charge in [-0.05, 0) is 24.3 Å². The van der Waals surface area contributed by atoms with Crippen LogP contribution < -0.4 is 0 Å². The van der Waals surface area contributed by atoms with E-state index in [0.717, 1.165) is 17.4 Å². The predicted octanol–water partition coefficient (Wildman–Crippen LogP) is 4.12. The van der Waals surface area contributed by atoms with Crippen LogP contribution in [-0.4, -0.2) is 0 Å². The van der Waals surface area contributed by atoms with E-state index in [1.165, 1.54) is 18.4 Å². The van der Waals surface area contributed by atoms with Gasteiger partial charge in [0.1, 0.15) is 0 Å². The molecule has 1 rings (SSSR count). The van der Waals surface area contributed by atoms with E-state index in [0.29, 0.717) is 0 Å². The van der Waals surface area contributed by atoms with E-state index in [2.05, 4.69) is 26.0 Å². The largest absolute Gasteiger partial charge is 0.0834 e. The van der Waals surface area contributed by atoms with Crippen LogP contribution in [0.3, 0.4) is 0 Å². The average molecular weight is 196 g/mol. The first kappa shape index (κ1) is 10.6. The maximum Gasteiger partial charge on any atom is 0.0516 e. The normalized spacial score (nSPS) is 12.8. The molecule has 0 aliphatic carbocycles. The maximum atomic E-state index is 6.00. The number of halogens is 1. The van der Waals surface area contributed by atoms with E-state index in [1.54, 1.807) is 0 Å². The summed E-state index contributed by atoms with van der Waals surface area (Å²) in [6, 6.07) is 8.95. The number of hydrogen-bond acceptors (Lipinski definition) is 0. The summed E-state index contributed by atoms with van der Waals surface area (Å²) in [5.41, 5.74) is 1.23. The number of benzene rings is 1. The molecule has 0 aromatic heterocycles. The predicted molar refractivity (Wildman–Crippen MR) is 58.1 cm³/mol. The van der Waals surface area contributed by atoms with Crippen molar-refractivity contribution in [2.75, 3.05) is 0 Å². The Hall–Kier alpha value is -0.490. The van der Waals surface area contributed by atoms with Crippen LogP contribution in [0.5, 0.6) is 0 Å². The van der Waals surface area contributed by atoms with E-state index in [9.17, 15) is 0 Å². The van der Waals surface area contributed by atoms with Gasteiger partial charge in [0.15, 0.2) is 0 Å². The topological polar surface area (TPSA) is 0 Å². The average Bonchev–Trinajstić information content (AvgIpc) is 2.16. The van der Waals surface area contributed by atoms with Crippen LogP contribution in [0.2, 0.25) is 5.02 Å². The Kier molecular flexibility index (Phi) is 4.31. The number of hydrogen-bond donors (Lipinski definition) is 0. The highest BCUT2D eigenvalue weighted by molar-refractivity contribution is 6.31. The smallest absolute Gasteiger partial charge is 0.0516 e. The van der Waals surface area contributed by atoms with Gasteiger partial charge in [-0.2, -0.15) is 0 Å². The minimum atomic E-state index is 0.783. The lowest BCUT2D eigenvalue weighted by molar-refractivity contribution is 0.516. The standard InChI is InChI=1S/C12H16Cl/c1-3-10(2)8-9-11-6-4-5-7-12(11)13/h4-6,10H,3,8-9H2,1-2H3. The fourth-order valence-electron chi connectivity index (χ4n) is 1.25. The molecule has 71 valence electrons. The summed E-state index contributed by atoms with van der Waals surface area (Å²) in [5, 5.41) is 0.783. The van der Waals surface area contributed by atoms with Gasteiger partial charge in [-0.3, -0.25) is 0 Å². The van der Waals surface area contributed by atoms with Gasteiger partial charge in [-0.1, -0.05) is 50.1 Å². The van der Waals surface area contributed by atoms with Gasteiger partial charge in [-0.15, -0.1) is 0 Å². The lowest BCUT2D eigenvalue weighted by Crippen LogP contribution is -1.95. The van der Waals surface area contributed by atoms with Crippen molar-refractivity contribution in [3.63, 3.8) is 0 Å². The van der Waals surface area contributed by atoms with E-state index >= 15 is 0 Å². The molecule has 1 aromatic carbocycles. The number of aryl methyl sites for hydroxylation is 1. The van der Waals surface area contributed by atoms with Crippen LogP contribution in [-0.2, 0) is 6.42 Å². The van der Waals surface area contributed by atoms with Gasteiger partial charge >= 0.3 is 0 Å².